The lowest BCUT2D eigenvalue weighted by molar-refractivity contribution is 0.552. The van der Waals surface area contributed by atoms with Crippen molar-refractivity contribution >= 4 is 14.7 Å². The molecule has 0 saturated heterocycles. The predicted molar refractivity (Wildman–Crippen MR) is 75.5 cm³/mol. The summed E-state index contributed by atoms with van der Waals surface area (Å²) >= 11 is 0. The smallest absolute Gasteiger partial charge is 0.0310 e. The molecule has 0 aliphatic heterocycles. The molecule has 0 nitrogen and oxygen atoms in total. The molecule has 0 aliphatic carbocycles. The maximum absolute atomic E-state index is 3.39. The molecule has 0 fully saturated rings. The van der Waals surface area contributed by atoms with Gasteiger partial charge in [-0.25, -0.2) is 0 Å². The molecule has 0 aromatic rings. The number of rotatable bonds is 12. The van der Waals surface area contributed by atoms with Gasteiger partial charge in [-0.05, 0) is 12.8 Å². The van der Waals surface area contributed by atoms with E-state index in [4.69, 9.17) is 0 Å². The van der Waals surface area contributed by atoms with Crippen molar-refractivity contribution in [3.8, 4) is 0 Å². The molecule has 0 radical (unpaired) electrons. The van der Waals surface area contributed by atoms with Crippen LogP contribution in [-0.4, -0.2) is 5.80 Å². The Balaban J connectivity index is 2.83. The van der Waals surface area contributed by atoms with Gasteiger partial charge < -0.3 is 0 Å². The van der Waals surface area contributed by atoms with E-state index in [2.05, 4.69) is 21.6 Å². The normalized spacial score (nSPS) is 10.5. The minimum absolute atomic E-state index is 1.23. The molecule has 0 unspecified atom stereocenters. The summed E-state index contributed by atoms with van der Waals surface area (Å²) in [7, 11) is 3.39. The van der Waals surface area contributed by atoms with Crippen LogP contribution in [0.25, 0.3) is 0 Å². The molecule has 0 spiro atoms. The Morgan fingerprint density at radius 2 is 1.07 bits per heavy atom. The largest absolute Gasteiger partial charge is 0.127 e. The van der Waals surface area contributed by atoms with Crippen LogP contribution < -0.4 is 0 Å². The van der Waals surface area contributed by atoms with Gasteiger partial charge in [0, 0.05) is 0 Å². The van der Waals surface area contributed by atoms with E-state index >= 15 is 0 Å². The Bertz CT molecular complexity index is 121. The Morgan fingerprint density at radius 1 is 0.667 bits per heavy atom. The van der Waals surface area contributed by atoms with Gasteiger partial charge in [0.2, 0.25) is 0 Å². The third-order valence-corrected chi connectivity index (χ3v) is 3.24. The van der Waals surface area contributed by atoms with Gasteiger partial charge in [-0.3, -0.25) is 0 Å². The second kappa shape index (κ2) is 14.2. The van der Waals surface area contributed by atoms with Crippen molar-refractivity contribution in [3.05, 3.63) is 0 Å². The van der Waals surface area contributed by atoms with Crippen LogP contribution in [0.2, 0.25) is 0 Å². The molecule has 0 saturated carbocycles. The summed E-state index contributed by atoms with van der Waals surface area (Å²) in [5, 5.41) is 0. The summed E-state index contributed by atoms with van der Waals surface area (Å²) in [4.78, 5) is 0. The van der Waals surface area contributed by atoms with Crippen LogP contribution in [0.5, 0.6) is 0 Å². The summed E-state index contributed by atoms with van der Waals surface area (Å²) in [6, 6.07) is 0. The van der Waals surface area contributed by atoms with E-state index in [-0.39, 0.29) is 0 Å². The monoisotopic (exact) mass is 228 g/mol. The third-order valence-electron chi connectivity index (χ3n) is 2.95. The summed E-state index contributed by atoms with van der Waals surface area (Å²) in [5.74, 6) is 2.09. The molecule has 0 aliphatic rings. The van der Waals surface area contributed by atoms with E-state index < -0.39 is 0 Å². The lowest BCUT2D eigenvalue weighted by atomic mass is 10.1. The molecule has 90 valence electrons. The van der Waals surface area contributed by atoms with E-state index in [1.807, 2.05) is 0 Å². The molecule has 0 aromatic heterocycles. The molecular formula is C14H29P. The van der Waals surface area contributed by atoms with Gasteiger partial charge in [0.1, 0.15) is 0 Å². The van der Waals surface area contributed by atoms with E-state index in [1.165, 1.54) is 77.0 Å². The van der Waals surface area contributed by atoms with E-state index in [1.54, 1.807) is 0 Å². The highest BCUT2D eigenvalue weighted by molar-refractivity contribution is 7.18. The van der Waals surface area contributed by atoms with Crippen molar-refractivity contribution in [2.75, 3.05) is 0 Å². The van der Waals surface area contributed by atoms with Crippen LogP contribution in [0, 0.1) is 0 Å². The average Bonchev–Trinajstić information content (AvgIpc) is 2.26. The highest BCUT2D eigenvalue weighted by Gasteiger charge is 1.92. The van der Waals surface area contributed by atoms with Gasteiger partial charge in [-0.2, -0.15) is 0 Å². The van der Waals surface area contributed by atoms with Gasteiger partial charge >= 0.3 is 0 Å². The Hall–Kier alpha value is 0.170. The van der Waals surface area contributed by atoms with Crippen LogP contribution >= 0.6 is 8.86 Å². The van der Waals surface area contributed by atoms with Crippen LogP contribution in [0.15, 0.2) is 0 Å². The highest BCUT2D eigenvalue weighted by atomic mass is 31.0. The molecule has 0 rings (SSSR count). The average molecular weight is 228 g/mol. The first-order valence-corrected chi connectivity index (χ1v) is 7.48. The lowest BCUT2D eigenvalue weighted by Gasteiger charge is -2.01. The van der Waals surface area contributed by atoms with Crippen molar-refractivity contribution in [1.82, 2.24) is 0 Å². The number of unbranched alkanes of at least 4 members (excludes halogenated alkanes) is 11. The SMILES string of the molecule is CCCCCCCCCCCCCC=P. The molecule has 0 atom stereocenters. The van der Waals surface area contributed by atoms with Crippen molar-refractivity contribution in [1.29, 1.82) is 0 Å². The number of hydrogen-bond acceptors (Lipinski definition) is 0. The van der Waals surface area contributed by atoms with E-state index in [0.29, 0.717) is 0 Å². The third kappa shape index (κ3) is 14.2. The van der Waals surface area contributed by atoms with Crippen molar-refractivity contribution < 1.29 is 0 Å². The van der Waals surface area contributed by atoms with Gasteiger partial charge in [-0.1, -0.05) is 76.9 Å². The van der Waals surface area contributed by atoms with Gasteiger partial charge in [0.25, 0.3) is 0 Å². The van der Waals surface area contributed by atoms with Crippen LogP contribution in [0.4, 0.5) is 0 Å². The van der Waals surface area contributed by atoms with Crippen molar-refractivity contribution in [2.24, 2.45) is 0 Å². The summed E-state index contributed by atoms with van der Waals surface area (Å²) in [5.41, 5.74) is 0. The summed E-state index contributed by atoms with van der Waals surface area (Å²) in [6.45, 7) is 2.28. The summed E-state index contributed by atoms with van der Waals surface area (Å²) < 4.78 is 0. The fourth-order valence-corrected chi connectivity index (χ4v) is 2.11. The summed E-state index contributed by atoms with van der Waals surface area (Å²) in [6.07, 6.45) is 17.0. The maximum atomic E-state index is 3.39. The van der Waals surface area contributed by atoms with E-state index in [0.717, 1.165) is 0 Å². The molecule has 0 N–H and O–H groups in total. The molecule has 15 heavy (non-hydrogen) atoms. The second-order valence-corrected chi connectivity index (χ2v) is 4.94. The predicted octanol–water partition coefficient (Wildman–Crippen LogP) is 5.63. The highest BCUT2D eigenvalue weighted by Crippen LogP contribution is 2.11. The molecule has 1 heteroatoms. The van der Waals surface area contributed by atoms with Crippen LogP contribution in [0.1, 0.15) is 84.0 Å². The number of hydrogen-bond donors (Lipinski definition) is 0. The first-order valence-electron chi connectivity index (χ1n) is 6.90. The molecular weight excluding hydrogens is 199 g/mol. The quantitative estimate of drug-likeness (QED) is 0.300. The fourth-order valence-electron chi connectivity index (χ4n) is 1.91. The first-order chi connectivity index (χ1) is 7.41. The Labute approximate surface area is 99.1 Å². The molecule has 0 bridgehead atoms. The van der Waals surface area contributed by atoms with Crippen LogP contribution in [-0.2, 0) is 0 Å². The fraction of sp³-hybridized carbons (Fsp3) is 0.929. The minimum Gasteiger partial charge on any atom is -0.127 e. The zero-order chi connectivity index (χ0) is 11.2. The van der Waals surface area contributed by atoms with Crippen molar-refractivity contribution in [3.63, 3.8) is 0 Å². The topological polar surface area (TPSA) is 0 Å². The zero-order valence-electron chi connectivity index (χ0n) is 10.6. The second-order valence-electron chi connectivity index (χ2n) is 4.53. The zero-order valence-corrected chi connectivity index (χ0v) is 11.6. The maximum Gasteiger partial charge on any atom is -0.0310 e. The van der Waals surface area contributed by atoms with Crippen molar-refractivity contribution in [2.45, 2.75) is 84.0 Å². The lowest BCUT2D eigenvalue weighted by Crippen LogP contribution is -1.82. The Kier molecular flexibility index (Phi) is 14.3. The van der Waals surface area contributed by atoms with Gasteiger partial charge in [-0.15, -0.1) is 8.86 Å². The molecule has 0 heterocycles. The standard InChI is InChI=1S/C14H29P/c1-2-3-4-5-6-7-8-9-10-11-12-13-14-15/h14-15H,2-13H2,1H3. The van der Waals surface area contributed by atoms with Gasteiger partial charge in [0.05, 0.1) is 0 Å². The molecule has 0 amide bonds. The minimum atomic E-state index is 1.23. The molecule has 0 aromatic carbocycles. The Morgan fingerprint density at radius 3 is 1.47 bits per heavy atom. The van der Waals surface area contributed by atoms with E-state index in [9.17, 15) is 0 Å². The van der Waals surface area contributed by atoms with Gasteiger partial charge in [0.15, 0.2) is 0 Å². The first kappa shape index (κ1) is 15.2. The van der Waals surface area contributed by atoms with Crippen LogP contribution in [0.3, 0.4) is 0 Å².